The largest absolute Gasteiger partial charge is 0.418 e. The normalized spacial score (nSPS) is 16.1. The lowest BCUT2D eigenvalue weighted by Crippen LogP contribution is -2.25. The molecule has 0 atom stereocenters. The number of benzene rings is 2. The molecule has 156 valence electrons. The molecule has 0 radical (unpaired) electrons. The highest BCUT2D eigenvalue weighted by Crippen LogP contribution is 2.40. The highest BCUT2D eigenvalue weighted by atomic mass is 35.5. The Morgan fingerprint density at radius 1 is 1.24 bits per heavy atom. The summed E-state index contributed by atoms with van der Waals surface area (Å²) in [5, 5.41) is 13.2. The topological polar surface area (TPSA) is 92.6 Å². The molecule has 1 saturated heterocycles. The van der Waals surface area contributed by atoms with E-state index in [4.69, 9.17) is 11.6 Å². The predicted octanol–water partition coefficient (Wildman–Crippen LogP) is 4.42. The molecule has 0 bridgehead atoms. The number of alkyl halides is 3. The van der Waals surface area contributed by atoms with E-state index in [1.807, 2.05) is 0 Å². The Balaban J connectivity index is 1.86. The van der Waals surface area contributed by atoms with Gasteiger partial charge in [-0.3, -0.25) is 14.4 Å². The van der Waals surface area contributed by atoms with E-state index >= 15 is 0 Å². The van der Waals surface area contributed by atoms with Gasteiger partial charge in [-0.1, -0.05) is 23.7 Å². The molecule has 0 amide bonds. The summed E-state index contributed by atoms with van der Waals surface area (Å²) in [5.41, 5.74) is -1.18. The van der Waals surface area contributed by atoms with Crippen LogP contribution in [0.5, 0.6) is 0 Å². The zero-order valence-electron chi connectivity index (χ0n) is 14.7. The first kappa shape index (κ1) is 21.2. The van der Waals surface area contributed by atoms with Gasteiger partial charge < -0.3 is 5.32 Å². The Hall–Kier alpha value is -2.53. The summed E-state index contributed by atoms with van der Waals surface area (Å²) in [5.74, 6) is 0.0612. The van der Waals surface area contributed by atoms with Crippen LogP contribution in [0, 0.1) is 10.1 Å². The third kappa shape index (κ3) is 4.56. The van der Waals surface area contributed by atoms with Gasteiger partial charge in [0.1, 0.15) is 5.69 Å². The zero-order chi connectivity index (χ0) is 21.4. The van der Waals surface area contributed by atoms with Crippen LogP contribution in [0.4, 0.5) is 30.2 Å². The minimum absolute atomic E-state index is 0.0181. The Bertz CT molecular complexity index is 1060. The van der Waals surface area contributed by atoms with Crippen molar-refractivity contribution < 1.29 is 26.5 Å². The van der Waals surface area contributed by atoms with E-state index in [9.17, 15) is 31.7 Å². The van der Waals surface area contributed by atoms with Gasteiger partial charge in [-0.15, -0.1) is 0 Å². The standard InChI is InChI=1S/C17H15ClF3N3O4S/c18-14-9-15(16(24(25)26)8-13(14)17(19,20)21)22-10-11-3-1-4-12(7-11)23-5-2-6-29(23,27)28/h1,3-4,7-9,22H,2,5-6,10H2. The highest BCUT2D eigenvalue weighted by molar-refractivity contribution is 7.93. The fraction of sp³-hybridized carbons (Fsp3) is 0.294. The van der Waals surface area contributed by atoms with Crippen molar-refractivity contribution in [2.24, 2.45) is 0 Å². The Morgan fingerprint density at radius 2 is 1.97 bits per heavy atom. The molecule has 1 aliphatic heterocycles. The molecule has 1 heterocycles. The van der Waals surface area contributed by atoms with Crippen molar-refractivity contribution in [1.82, 2.24) is 0 Å². The number of hydrogen-bond acceptors (Lipinski definition) is 5. The molecular weight excluding hydrogens is 435 g/mol. The van der Waals surface area contributed by atoms with Crippen molar-refractivity contribution >= 4 is 38.7 Å². The monoisotopic (exact) mass is 449 g/mol. The molecule has 7 nitrogen and oxygen atoms in total. The van der Waals surface area contributed by atoms with Crippen LogP contribution in [0.2, 0.25) is 5.02 Å². The van der Waals surface area contributed by atoms with Crippen molar-refractivity contribution in [2.45, 2.75) is 19.1 Å². The fourth-order valence-corrected chi connectivity index (χ4v) is 4.85. The van der Waals surface area contributed by atoms with E-state index in [0.29, 0.717) is 30.3 Å². The molecule has 1 fully saturated rings. The quantitative estimate of drug-likeness (QED) is 0.539. The van der Waals surface area contributed by atoms with E-state index in [1.54, 1.807) is 24.3 Å². The van der Waals surface area contributed by atoms with E-state index in [1.165, 1.54) is 4.31 Å². The predicted molar refractivity (Wildman–Crippen MR) is 103 cm³/mol. The number of nitrogens with one attached hydrogen (secondary N) is 1. The van der Waals surface area contributed by atoms with E-state index in [-0.39, 0.29) is 18.0 Å². The summed E-state index contributed by atoms with van der Waals surface area (Å²) < 4.78 is 64.2. The van der Waals surface area contributed by atoms with Gasteiger partial charge in [-0.25, -0.2) is 8.42 Å². The van der Waals surface area contributed by atoms with Crippen LogP contribution in [0.3, 0.4) is 0 Å². The summed E-state index contributed by atoms with van der Waals surface area (Å²) in [6, 6.07) is 7.78. The minimum atomic E-state index is -4.82. The van der Waals surface area contributed by atoms with Crippen molar-refractivity contribution in [2.75, 3.05) is 21.9 Å². The van der Waals surface area contributed by atoms with Crippen molar-refractivity contribution in [1.29, 1.82) is 0 Å². The first-order valence-electron chi connectivity index (χ1n) is 8.37. The third-order valence-corrected chi connectivity index (χ3v) is 6.55. The fourth-order valence-electron chi connectivity index (χ4n) is 3.02. The van der Waals surface area contributed by atoms with Crippen LogP contribution in [-0.4, -0.2) is 25.6 Å². The average molecular weight is 450 g/mol. The van der Waals surface area contributed by atoms with Gasteiger partial charge in [-0.2, -0.15) is 13.2 Å². The van der Waals surface area contributed by atoms with Gasteiger partial charge in [0.05, 0.1) is 26.9 Å². The molecule has 29 heavy (non-hydrogen) atoms. The first-order chi connectivity index (χ1) is 13.5. The van der Waals surface area contributed by atoms with Gasteiger partial charge in [0.2, 0.25) is 10.0 Å². The van der Waals surface area contributed by atoms with Gasteiger partial charge >= 0.3 is 6.18 Å². The van der Waals surface area contributed by atoms with Gasteiger partial charge in [0.15, 0.2) is 0 Å². The second kappa shape index (κ2) is 7.71. The van der Waals surface area contributed by atoms with Crippen LogP contribution in [0.1, 0.15) is 17.5 Å². The van der Waals surface area contributed by atoms with Gasteiger partial charge in [0.25, 0.3) is 5.69 Å². The summed E-state index contributed by atoms with van der Waals surface area (Å²) in [7, 11) is -3.37. The third-order valence-electron chi connectivity index (χ3n) is 4.37. The lowest BCUT2D eigenvalue weighted by atomic mass is 10.1. The molecular formula is C17H15ClF3N3O4S. The summed E-state index contributed by atoms with van der Waals surface area (Å²) >= 11 is 5.66. The second-order valence-corrected chi connectivity index (χ2v) is 8.79. The number of hydrogen-bond donors (Lipinski definition) is 1. The van der Waals surface area contributed by atoms with Crippen LogP contribution in [0.15, 0.2) is 36.4 Å². The first-order valence-corrected chi connectivity index (χ1v) is 10.4. The Labute approximate surface area is 169 Å². The van der Waals surface area contributed by atoms with Crippen molar-refractivity contribution in [3.63, 3.8) is 0 Å². The van der Waals surface area contributed by atoms with Gasteiger partial charge in [0, 0.05) is 19.2 Å². The zero-order valence-corrected chi connectivity index (χ0v) is 16.3. The average Bonchev–Trinajstić information content (AvgIpc) is 2.98. The number of nitro benzene ring substituents is 1. The van der Waals surface area contributed by atoms with Crippen LogP contribution < -0.4 is 9.62 Å². The van der Waals surface area contributed by atoms with Gasteiger partial charge in [-0.05, 0) is 30.2 Å². The number of rotatable bonds is 5. The molecule has 12 heteroatoms. The lowest BCUT2D eigenvalue weighted by Gasteiger charge is -2.18. The molecule has 2 aromatic rings. The number of sulfonamides is 1. The maximum absolute atomic E-state index is 12.9. The van der Waals surface area contributed by atoms with Crippen LogP contribution in [0.25, 0.3) is 0 Å². The molecule has 0 unspecified atom stereocenters. The smallest absolute Gasteiger partial charge is 0.375 e. The van der Waals surface area contributed by atoms with E-state index < -0.39 is 37.4 Å². The molecule has 1 aliphatic rings. The number of nitrogens with zero attached hydrogens (tertiary/aromatic N) is 2. The second-order valence-electron chi connectivity index (χ2n) is 6.37. The molecule has 3 rings (SSSR count). The van der Waals surface area contributed by atoms with E-state index in [0.717, 1.165) is 6.07 Å². The number of anilines is 2. The molecule has 0 saturated carbocycles. The maximum Gasteiger partial charge on any atom is 0.418 e. The summed E-state index contributed by atoms with van der Waals surface area (Å²) in [6.45, 7) is 0.378. The number of halogens is 4. The number of nitro groups is 1. The van der Waals surface area contributed by atoms with E-state index in [2.05, 4.69) is 5.32 Å². The molecule has 2 aromatic carbocycles. The van der Waals surface area contributed by atoms with Crippen molar-refractivity contribution in [3.05, 3.63) is 62.7 Å². The van der Waals surface area contributed by atoms with Crippen LogP contribution >= 0.6 is 11.6 Å². The molecule has 0 aromatic heterocycles. The van der Waals surface area contributed by atoms with Crippen molar-refractivity contribution in [3.8, 4) is 0 Å². The summed E-state index contributed by atoms with van der Waals surface area (Å²) in [6.07, 6.45) is -4.31. The highest BCUT2D eigenvalue weighted by Gasteiger charge is 2.36. The lowest BCUT2D eigenvalue weighted by molar-refractivity contribution is -0.384. The molecule has 0 spiro atoms. The summed E-state index contributed by atoms with van der Waals surface area (Å²) in [4.78, 5) is 10.3. The molecule has 0 aliphatic carbocycles. The Kier molecular flexibility index (Phi) is 5.63. The molecule has 1 N–H and O–H groups in total. The SMILES string of the molecule is O=[N+]([O-])c1cc(C(F)(F)F)c(Cl)cc1NCc1cccc(N2CCCS2(=O)=O)c1. The maximum atomic E-state index is 12.9. The Morgan fingerprint density at radius 3 is 2.55 bits per heavy atom. The van der Waals surface area contributed by atoms with Crippen LogP contribution in [-0.2, 0) is 22.7 Å². The minimum Gasteiger partial charge on any atom is -0.375 e.